The molecule has 1 aromatic carbocycles. The Hall–Kier alpha value is -1.11. The molecule has 20 heavy (non-hydrogen) atoms. The molecule has 1 aromatic rings. The maximum Gasteiger partial charge on any atom is 0.337 e. The van der Waals surface area contributed by atoms with Gasteiger partial charge in [-0.05, 0) is 50.8 Å². The molecule has 0 aliphatic heterocycles. The molecule has 0 aromatic heterocycles. The van der Waals surface area contributed by atoms with Crippen molar-refractivity contribution >= 4 is 27.6 Å². The van der Waals surface area contributed by atoms with Crippen molar-refractivity contribution in [1.29, 1.82) is 0 Å². The van der Waals surface area contributed by atoms with Crippen LogP contribution in [0.4, 0.5) is 0 Å². The van der Waals surface area contributed by atoms with Gasteiger partial charge in [-0.3, -0.25) is 0 Å². The van der Waals surface area contributed by atoms with E-state index >= 15 is 0 Å². The second-order valence-electron chi connectivity index (χ2n) is 5.55. The van der Waals surface area contributed by atoms with Crippen LogP contribution in [0, 0.1) is 5.92 Å². The van der Waals surface area contributed by atoms with Gasteiger partial charge in [0.1, 0.15) is 0 Å². The van der Waals surface area contributed by atoms with E-state index in [1.54, 1.807) is 0 Å². The molecule has 0 unspecified atom stereocenters. The summed E-state index contributed by atoms with van der Waals surface area (Å²) in [5, 5.41) is 8.78. The van der Waals surface area contributed by atoms with E-state index in [1.165, 1.54) is 12.1 Å². The Bertz CT molecular complexity index is 650. The number of carbonyl (C=O) groups is 1. The minimum Gasteiger partial charge on any atom is -0.478 e. The number of nitrogens with one attached hydrogen (secondary N) is 1. The van der Waals surface area contributed by atoms with Gasteiger partial charge in [-0.15, -0.1) is 0 Å². The number of sulfonamides is 1. The van der Waals surface area contributed by atoms with Crippen LogP contribution in [0.3, 0.4) is 0 Å². The van der Waals surface area contributed by atoms with E-state index < -0.39 is 21.5 Å². The Morgan fingerprint density at radius 2 is 2.00 bits per heavy atom. The highest BCUT2D eigenvalue weighted by Gasteiger charge is 2.40. The molecule has 0 bridgehead atoms. The van der Waals surface area contributed by atoms with Gasteiger partial charge < -0.3 is 5.11 Å². The Morgan fingerprint density at radius 3 is 2.45 bits per heavy atom. The van der Waals surface area contributed by atoms with Crippen molar-refractivity contribution in [3.05, 3.63) is 28.8 Å². The number of hydrogen-bond donors (Lipinski definition) is 2. The number of carboxylic acids is 1. The van der Waals surface area contributed by atoms with Crippen LogP contribution >= 0.6 is 11.6 Å². The lowest BCUT2D eigenvalue weighted by molar-refractivity contribution is 0.0697. The van der Waals surface area contributed by atoms with E-state index in [-0.39, 0.29) is 15.5 Å². The zero-order chi connectivity index (χ0) is 15.1. The first-order chi connectivity index (χ1) is 9.13. The van der Waals surface area contributed by atoms with Crippen LogP contribution in [0.25, 0.3) is 0 Å². The predicted molar refractivity (Wildman–Crippen MR) is 75.5 cm³/mol. The van der Waals surface area contributed by atoms with Gasteiger partial charge in [0.15, 0.2) is 0 Å². The second kappa shape index (κ2) is 5.02. The number of benzene rings is 1. The SMILES string of the molecule is CC(C)(NS(=O)(=O)c1ccc(C(=O)O)c(Cl)c1)C1CC1. The van der Waals surface area contributed by atoms with Crippen molar-refractivity contribution in [2.75, 3.05) is 0 Å². The lowest BCUT2D eigenvalue weighted by Gasteiger charge is -2.25. The van der Waals surface area contributed by atoms with E-state index in [0.29, 0.717) is 5.92 Å². The molecule has 0 atom stereocenters. The highest BCUT2D eigenvalue weighted by atomic mass is 35.5. The average molecular weight is 318 g/mol. The molecule has 7 heteroatoms. The fourth-order valence-electron chi connectivity index (χ4n) is 2.13. The molecule has 0 radical (unpaired) electrons. The zero-order valence-corrected chi connectivity index (χ0v) is 12.8. The largest absolute Gasteiger partial charge is 0.478 e. The summed E-state index contributed by atoms with van der Waals surface area (Å²) in [5.74, 6) is -0.851. The molecular weight excluding hydrogens is 302 g/mol. The third kappa shape index (κ3) is 3.13. The molecule has 5 nitrogen and oxygen atoms in total. The molecule has 2 N–H and O–H groups in total. The summed E-state index contributed by atoms with van der Waals surface area (Å²) in [6.45, 7) is 3.69. The summed E-state index contributed by atoms with van der Waals surface area (Å²) >= 11 is 5.80. The topological polar surface area (TPSA) is 83.5 Å². The van der Waals surface area contributed by atoms with Crippen molar-refractivity contribution < 1.29 is 18.3 Å². The lowest BCUT2D eigenvalue weighted by Crippen LogP contribution is -2.45. The standard InChI is InChI=1S/C13H16ClNO4S/c1-13(2,8-3-4-8)15-20(18,19)9-5-6-10(12(16)17)11(14)7-9/h5-8,15H,3-4H2,1-2H3,(H,16,17). The number of halogens is 1. The third-order valence-corrected chi connectivity index (χ3v) is 5.46. The number of aromatic carboxylic acids is 1. The van der Waals surface area contributed by atoms with Gasteiger partial charge in [0.25, 0.3) is 0 Å². The lowest BCUT2D eigenvalue weighted by atomic mass is 10.0. The van der Waals surface area contributed by atoms with Crippen molar-refractivity contribution in [3.8, 4) is 0 Å². The average Bonchev–Trinajstić information content (AvgIpc) is 3.10. The van der Waals surface area contributed by atoms with Gasteiger partial charge in [0.2, 0.25) is 10.0 Å². The maximum absolute atomic E-state index is 12.3. The maximum atomic E-state index is 12.3. The molecule has 1 saturated carbocycles. The Morgan fingerprint density at radius 1 is 1.40 bits per heavy atom. The van der Waals surface area contributed by atoms with Gasteiger partial charge in [-0.1, -0.05) is 11.6 Å². The smallest absolute Gasteiger partial charge is 0.337 e. The summed E-state index contributed by atoms with van der Waals surface area (Å²) in [7, 11) is -3.72. The van der Waals surface area contributed by atoms with Crippen molar-refractivity contribution in [2.45, 2.75) is 37.1 Å². The molecule has 2 rings (SSSR count). The first-order valence-corrected chi connectivity index (χ1v) is 8.06. The molecule has 1 aliphatic carbocycles. The quantitative estimate of drug-likeness (QED) is 0.874. The summed E-state index contributed by atoms with van der Waals surface area (Å²) < 4.78 is 27.2. The van der Waals surface area contributed by atoms with Gasteiger partial charge >= 0.3 is 5.97 Å². The number of hydrogen-bond acceptors (Lipinski definition) is 3. The summed E-state index contributed by atoms with van der Waals surface area (Å²) in [5.41, 5.74) is -0.636. The highest BCUT2D eigenvalue weighted by molar-refractivity contribution is 7.89. The van der Waals surface area contributed by atoms with Gasteiger partial charge in [-0.2, -0.15) is 0 Å². The van der Waals surface area contributed by atoms with E-state index in [9.17, 15) is 13.2 Å². The van der Waals surface area contributed by atoms with Crippen LogP contribution in [0.5, 0.6) is 0 Å². The molecule has 0 spiro atoms. The summed E-state index contributed by atoms with van der Waals surface area (Å²) in [4.78, 5) is 10.8. The molecular formula is C13H16ClNO4S. The second-order valence-corrected chi connectivity index (χ2v) is 7.64. The Kier molecular flexibility index (Phi) is 3.83. The van der Waals surface area contributed by atoms with E-state index in [0.717, 1.165) is 18.9 Å². The molecule has 1 fully saturated rings. The Labute approximate surface area is 123 Å². The van der Waals surface area contributed by atoms with Crippen molar-refractivity contribution in [1.82, 2.24) is 4.72 Å². The minimum absolute atomic E-state index is 0.0266. The first kappa shape index (κ1) is 15.3. The summed E-state index contributed by atoms with van der Waals surface area (Å²) in [6.07, 6.45) is 2.02. The minimum atomic E-state index is -3.72. The van der Waals surface area contributed by atoms with Crippen LogP contribution < -0.4 is 4.72 Å². The van der Waals surface area contributed by atoms with Gasteiger partial charge in [0, 0.05) is 5.54 Å². The van der Waals surface area contributed by atoms with Crippen molar-refractivity contribution in [3.63, 3.8) is 0 Å². The fraction of sp³-hybridized carbons (Fsp3) is 0.462. The monoisotopic (exact) mass is 317 g/mol. The zero-order valence-electron chi connectivity index (χ0n) is 11.2. The van der Waals surface area contributed by atoms with E-state index in [4.69, 9.17) is 16.7 Å². The van der Waals surface area contributed by atoms with Crippen LogP contribution in [-0.4, -0.2) is 25.0 Å². The number of carboxylic acid groups (broad SMARTS) is 1. The molecule has 0 saturated heterocycles. The van der Waals surface area contributed by atoms with Crippen LogP contribution in [0.1, 0.15) is 37.0 Å². The first-order valence-electron chi connectivity index (χ1n) is 6.20. The fourth-order valence-corrected chi connectivity index (χ4v) is 3.95. The molecule has 1 aliphatic rings. The van der Waals surface area contributed by atoms with Crippen LogP contribution in [0.2, 0.25) is 5.02 Å². The molecule has 0 amide bonds. The van der Waals surface area contributed by atoms with Crippen LogP contribution in [0.15, 0.2) is 23.1 Å². The van der Waals surface area contributed by atoms with Crippen LogP contribution in [-0.2, 0) is 10.0 Å². The highest BCUT2D eigenvalue weighted by Crippen LogP contribution is 2.40. The van der Waals surface area contributed by atoms with E-state index in [2.05, 4.69) is 4.72 Å². The molecule has 0 heterocycles. The van der Waals surface area contributed by atoms with Gasteiger partial charge in [0.05, 0.1) is 15.5 Å². The van der Waals surface area contributed by atoms with Crippen molar-refractivity contribution in [2.24, 2.45) is 5.92 Å². The predicted octanol–water partition coefficient (Wildman–Crippen LogP) is 2.51. The Balaban J connectivity index is 2.30. The normalized spacial score (nSPS) is 16.1. The summed E-state index contributed by atoms with van der Waals surface area (Å²) in [6, 6.07) is 3.61. The third-order valence-electron chi connectivity index (χ3n) is 3.48. The van der Waals surface area contributed by atoms with E-state index in [1.807, 2.05) is 13.8 Å². The van der Waals surface area contributed by atoms with Gasteiger partial charge in [-0.25, -0.2) is 17.9 Å². The number of rotatable bonds is 5. The molecule has 110 valence electrons.